The van der Waals surface area contributed by atoms with E-state index >= 15 is 0 Å². The zero-order chi connectivity index (χ0) is 20.5. The van der Waals surface area contributed by atoms with Gasteiger partial charge in [-0.25, -0.2) is 9.67 Å². The lowest BCUT2D eigenvalue weighted by molar-refractivity contribution is 0.0829. The van der Waals surface area contributed by atoms with E-state index < -0.39 is 0 Å². The Hall–Kier alpha value is -3.67. The molecule has 0 radical (unpaired) electrons. The molecule has 0 aliphatic rings. The summed E-state index contributed by atoms with van der Waals surface area (Å²) in [5.74, 6) is 0.687. The summed E-state index contributed by atoms with van der Waals surface area (Å²) < 4.78 is 7.05. The number of aromatic nitrogens is 3. The minimum atomic E-state index is -0.0807. The minimum Gasteiger partial charge on any atom is -0.497 e. The number of benzene rings is 2. The third-order valence-electron chi connectivity index (χ3n) is 4.84. The lowest BCUT2D eigenvalue weighted by Crippen LogP contribution is -2.22. The van der Waals surface area contributed by atoms with Crippen molar-refractivity contribution in [1.29, 1.82) is 0 Å². The van der Waals surface area contributed by atoms with Crippen LogP contribution in [0, 0.1) is 6.92 Å². The molecule has 0 bridgehead atoms. The molecule has 29 heavy (non-hydrogen) atoms. The quantitative estimate of drug-likeness (QED) is 0.530. The number of carbonyl (C=O) groups excluding carboxylic acids is 1. The fraction of sp³-hybridized carbons (Fsp3) is 0.174. The highest BCUT2D eigenvalue weighted by Crippen LogP contribution is 2.30. The van der Waals surface area contributed by atoms with Gasteiger partial charge < -0.3 is 9.64 Å². The molecule has 0 fully saturated rings. The van der Waals surface area contributed by atoms with Crippen molar-refractivity contribution in [3.05, 3.63) is 71.9 Å². The SMILES string of the molecule is COc1ccc(-c2cc(C(=O)N(C)C)c3c(C)nn(-c4ccccc4)c3n2)cc1. The topological polar surface area (TPSA) is 60.2 Å². The standard InChI is InChI=1S/C23H22N4O2/c1-15-21-19(23(28)26(2)3)14-20(16-10-12-18(29-4)13-11-16)24-22(21)27(25-15)17-8-6-5-7-9-17/h5-14H,1-4H3. The molecule has 146 valence electrons. The van der Waals surface area contributed by atoms with Gasteiger partial charge in [0, 0.05) is 19.7 Å². The van der Waals surface area contributed by atoms with Crippen LogP contribution < -0.4 is 4.74 Å². The molecule has 6 heteroatoms. The smallest absolute Gasteiger partial charge is 0.254 e. The molecule has 0 aliphatic carbocycles. The fourth-order valence-electron chi connectivity index (χ4n) is 3.36. The average molecular weight is 386 g/mol. The fourth-order valence-corrected chi connectivity index (χ4v) is 3.36. The summed E-state index contributed by atoms with van der Waals surface area (Å²) in [6.07, 6.45) is 0. The van der Waals surface area contributed by atoms with Gasteiger partial charge in [-0.15, -0.1) is 0 Å². The molecule has 2 aromatic carbocycles. The van der Waals surface area contributed by atoms with Crippen LogP contribution in [-0.4, -0.2) is 46.8 Å². The van der Waals surface area contributed by atoms with Crippen molar-refractivity contribution in [3.8, 4) is 22.7 Å². The van der Waals surface area contributed by atoms with Gasteiger partial charge >= 0.3 is 0 Å². The minimum absolute atomic E-state index is 0.0807. The van der Waals surface area contributed by atoms with E-state index in [-0.39, 0.29) is 5.91 Å². The van der Waals surface area contributed by atoms with Crippen molar-refractivity contribution in [3.63, 3.8) is 0 Å². The zero-order valence-electron chi connectivity index (χ0n) is 16.9. The van der Waals surface area contributed by atoms with Gasteiger partial charge in [-0.1, -0.05) is 18.2 Å². The Morgan fingerprint density at radius 1 is 1.03 bits per heavy atom. The molecule has 0 atom stereocenters. The number of para-hydroxylation sites is 1. The number of hydrogen-bond donors (Lipinski definition) is 0. The van der Waals surface area contributed by atoms with Gasteiger partial charge in [0.05, 0.1) is 35.1 Å². The summed E-state index contributed by atoms with van der Waals surface area (Å²) in [5.41, 5.74) is 4.52. The van der Waals surface area contributed by atoms with E-state index in [9.17, 15) is 4.79 Å². The van der Waals surface area contributed by atoms with Crippen LogP contribution in [0.3, 0.4) is 0 Å². The van der Waals surface area contributed by atoms with E-state index in [0.717, 1.165) is 28.1 Å². The predicted molar refractivity (Wildman–Crippen MR) is 114 cm³/mol. The molecule has 0 saturated heterocycles. The molecule has 0 spiro atoms. The maximum Gasteiger partial charge on any atom is 0.254 e. The van der Waals surface area contributed by atoms with Crippen LogP contribution in [0.5, 0.6) is 5.75 Å². The maximum absolute atomic E-state index is 13.0. The number of fused-ring (bicyclic) bond motifs is 1. The second-order valence-corrected chi connectivity index (χ2v) is 7.01. The number of amides is 1. The number of pyridine rings is 1. The lowest BCUT2D eigenvalue weighted by atomic mass is 10.0. The monoisotopic (exact) mass is 386 g/mol. The van der Waals surface area contributed by atoms with E-state index in [1.54, 1.807) is 30.8 Å². The molecule has 0 aliphatic heterocycles. The first kappa shape index (κ1) is 18.7. The van der Waals surface area contributed by atoms with Crippen LogP contribution in [0.4, 0.5) is 0 Å². The number of aryl methyl sites for hydroxylation is 1. The Kier molecular flexibility index (Phi) is 4.76. The Labute approximate surface area is 169 Å². The molecule has 2 heterocycles. The second kappa shape index (κ2) is 7.39. The van der Waals surface area contributed by atoms with Crippen LogP contribution >= 0.6 is 0 Å². The Morgan fingerprint density at radius 3 is 2.34 bits per heavy atom. The lowest BCUT2D eigenvalue weighted by Gasteiger charge is -2.13. The molecule has 1 amide bonds. The summed E-state index contributed by atoms with van der Waals surface area (Å²) in [7, 11) is 5.13. The molecular weight excluding hydrogens is 364 g/mol. The van der Waals surface area contributed by atoms with Crippen molar-refractivity contribution in [2.24, 2.45) is 0 Å². The van der Waals surface area contributed by atoms with Crippen molar-refractivity contribution in [2.75, 3.05) is 21.2 Å². The largest absolute Gasteiger partial charge is 0.497 e. The van der Waals surface area contributed by atoms with Crippen LogP contribution in [0.15, 0.2) is 60.7 Å². The van der Waals surface area contributed by atoms with Crippen molar-refractivity contribution in [1.82, 2.24) is 19.7 Å². The number of carbonyl (C=O) groups is 1. The van der Waals surface area contributed by atoms with E-state index in [4.69, 9.17) is 9.72 Å². The number of ether oxygens (including phenoxy) is 1. The molecule has 4 aromatic rings. The van der Waals surface area contributed by atoms with Crippen LogP contribution in [0.25, 0.3) is 28.0 Å². The normalized spacial score (nSPS) is 10.9. The van der Waals surface area contributed by atoms with E-state index in [1.807, 2.05) is 67.6 Å². The highest BCUT2D eigenvalue weighted by Gasteiger charge is 2.21. The van der Waals surface area contributed by atoms with Crippen molar-refractivity contribution >= 4 is 16.9 Å². The van der Waals surface area contributed by atoms with E-state index in [2.05, 4.69) is 5.10 Å². The summed E-state index contributed by atoms with van der Waals surface area (Å²) in [5, 5.41) is 5.46. The second-order valence-electron chi connectivity index (χ2n) is 7.01. The van der Waals surface area contributed by atoms with E-state index in [1.165, 1.54) is 0 Å². The maximum atomic E-state index is 13.0. The van der Waals surface area contributed by atoms with Crippen LogP contribution in [0.1, 0.15) is 16.1 Å². The number of nitrogens with zero attached hydrogens (tertiary/aromatic N) is 4. The predicted octanol–water partition coefficient (Wildman–Crippen LogP) is 4.11. The summed E-state index contributed by atoms with van der Waals surface area (Å²) in [6, 6.07) is 19.3. The number of rotatable bonds is 4. The van der Waals surface area contributed by atoms with Gasteiger partial charge in [-0.2, -0.15) is 5.10 Å². The van der Waals surface area contributed by atoms with Gasteiger partial charge in [-0.3, -0.25) is 4.79 Å². The highest BCUT2D eigenvalue weighted by atomic mass is 16.5. The Bertz CT molecular complexity index is 1180. The third-order valence-corrected chi connectivity index (χ3v) is 4.84. The van der Waals surface area contributed by atoms with E-state index in [0.29, 0.717) is 16.9 Å². The molecule has 2 aromatic heterocycles. The summed E-state index contributed by atoms with van der Waals surface area (Å²) in [6.45, 7) is 1.91. The van der Waals surface area contributed by atoms with Crippen LogP contribution in [0.2, 0.25) is 0 Å². The van der Waals surface area contributed by atoms with Crippen LogP contribution in [-0.2, 0) is 0 Å². The molecule has 6 nitrogen and oxygen atoms in total. The summed E-state index contributed by atoms with van der Waals surface area (Å²) >= 11 is 0. The van der Waals surface area contributed by atoms with Gasteiger partial charge in [0.15, 0.2) is 5.65 Å². The molecule has 0 unspecified atom stereocenters. The molecule has 4 rings (SSSR count). The first-order valence-electron chi connectivity index (χ1n) is 9.31. The Balaban J connectivity index is 2.01. The van der Waals surface area contributed by atoms with Crippen molar-refractivity contribution < 1.29 is 9.53 Å². The average Bonchev–Trinajstić information content (AvgIpc) is 3.09. The number of methoxy groups -OCH3 is 1. The first-order valence-corrected chi connectivity index (χ1v) is 9.31. The number of hydrogen-bond acceptors (Lipinski definition) is 4. The summed E-state index contributed by atoms with van der Waals surface area (Å²) in [4.78, 5) is 19.4. The Morgan fingerprint density at radius 2 is 1.72 bits per heavy atom. The molecule has 0 saturated carbocycles. The van der Waals surface area contributed by atoms with Gasteiger partial charge in [0.1, 0.15) is 5.75 Å². The zero-order valence-corrected chi connectivity index (χ0v) is 16.9. The third kappa shape index (κ3) is 3.33. The molecule has 0 N–H and O–H groups in total. The van der Waals surface area contributed by atoms with Gasteiger partial charge in [0.2, 0.25) is 0 Å². The van der Waals surface area contributed by atoms with Gasteiger partial charge in [-0.05, 0) is 49.4 Å². The van der Waals surface area contributed by atoms with Gasteiger partial charge in [0.25, 0.3) is 5.91 Å². The first-order chi connectivity index (χ1) is 14.0. The molecular formula is C23H22N4O2. The highest BCUT2D eigenvalue weighted by molar-refractivity contribution is 6.07. The van der Waals surface area contributed by atoms with Crippen molar-refractivity contribution in [2.45, 2.75) is 6.92 Å².